The minimum Gasteiger partial charge on any atom is -0.396 e. The summed E-state index contributed by atoms with van der Waals surface area (Å²) in [6.45, 7) is 4.37. The Hall–Kier alpha value is -1.18. The number of methoxy groups -OCH3 is 1. The summed E-state index contributed by atoms with van der Waals surface area (Å²) < 4.78 is 45.4. The van der Waals surface area contributed by atoms with Crippen LogP contribution in [0.1, 0.15) is 26.7 Å². The molecule has 0 spiro atoms. The van der Waals surface area contributed by atoms with Gasteiger partial charge in [-0.15, -0.1) is 0 Å². The van der Waals surface area contributed by atoms with Gasteiger partial charge in [-0.1, -0.05) is 13.8 Å². The number of nitrogens with zero attached hydrogens (tertiary/aromatic N) is 1. The Morgan fingerprint density at radius 1 is 1.33 bits per heavy atom. The van der Waals surface area contributed by atoms with E-state index in [-0.39, 0.29) is 29.8 Å². The van der Waals surface area contributed by atoms with Crippen molar-refractivity contribution in [2.75, 3.05) is 26.0 Å². The first-order valence-corrected chi connectivity index (χ1v) is 8.38. The third-order valence-corrected chi connectivity index (χ3v) is 5.39. The number of sulfonamides is 1. The Bertz CT molecular complexity index is 559. The van der Waals surface area contributed by atoms with Crippen molar-refractivity contribution in [2.24, 2.45) is 0 Å². The van der Waals surface area contributed by atoms with Gasteiger partial charge in [0.2, 0.25) is 10.0 Å². The maximum Gasteiger partial charge on any atom is 0.243 e. The fraction of sp³-hybridized carbons (Fsp3) is 0.571. The molecule has 0 bridgehead atoms. The monoisotopic (exact) mass is 318 g/mol. The van der Waals surface area contributed by atoms with E-state index in [9.17, 15) is 12.8 Å². The third-order valence-electron chi connectivity index (χ3n) is 3.44. The first-order valence-electron chi connectivity index (χ1n) is 6.94. The number of ether oxygens (including phenoxy) is 1. The Labute approximate surface area is 125 Å². The van der Waals surface area contributed by atoms with Gasteiger partial charge in [0, 0.05) is 19.7 Å². The van der Waals surface area contributed by atoms with Crippen LogP contribution in [0.2, 0.25) is 0 Å². The second kappa shape index (κ2) is 7.72. The number of hydrogen-bond acceptors (Lipinski definition) is 4. The van der Waals surface area contributed by atoms with Crippen LogP contribution in [0.5, 0.6) is 0 Å². The molecule has 21 heavy (non-hydrogen) atoms. The average molecular weight is 318 g/mol. The molecule has 2 N–H and O–H groups in total. The van der Waals surface area contributed by atoms with E-state index in [1.807, 2.05) is 13.8 Å². The number of anilines is 1. The molecule has 0 heterocycles. The molecular formula is C14H23FN2O3S. The van der Waals surface area contributed by atoms with E-state index in [2.05, 4.69) is 0 Å². The molecule has 1 aromatic rings. The zero-order valence-corrected chi connectivity index (χ0v) is 13.5. The van der Waals surface area contributed by atoms with Crippen LogP contribution in [0.3, 0.4) is 0 Å². The summed E-state index contributed by atoms with van der Waals surface area (Å²) in [6.07, 6.45) is 1.35. The highest BCUT2D eigenvalue weighted by Crippen LogP contribution is 2.23. The van der Waals surface area contributed by atoms with Crippen molar-refractivity contribution in [3.63, 3.8) is 0 Å². The Kier molecular flexibility index (Phi) is 6.57. The summed E-state index contributed by atoms with van der Waals surface area (Å²) >= 11 is 0. The molecule has 0 amide bonds. The van der Waals surface area contributed by atoms with Gasteiger partial charge in [-0.3, -0.25) is 0 Å². The number of benzene rings is 1. The summed E-state index contributed by atoms with van der Waals surface area (Å²) in [7, 11) is -2.26. The summed E-state index contributed by atoms with van der Waals surface area (Å²) in [5.41, 5.74) is 5.33. The van der Waals surface area contributed by atoms with Gasteiger partial charge in [-0.05, 0) is 31.0 Å². The fourth-order valence-corrected chi connectivity index (χ4v) is 3.95. The molecule has 0 radical (unpaired) electrons. The number of nitrogens with two attached hydrogens (primary N) is 1. The first kappa shape index (κ1) is 17.9. The molecule has 0 atom stereocenters. The van der Waals surface area contributed by atoms with Gasteiger partial charge >= 0.3 is 0 Å². The molecule has 7 heteroatoms. The van der Waals surface area contributed by atoms with Gasteiger partial charge in [0.15, 0.2) is 0 Å². The first-order chi connectivity index (χ1) is 9.88. The highest BCUT2D eigenvalue weighted by Gasteiger charge is 2.29. The van der Waals surface area contributed by atoms with Crippen molar-refractivity contribution in [3.8, 4) is 0 Å². The van der Waals surface area contributed by atoms with Gasteiger partial charge in [0.25, 0.3) is 0 Å². The summed E-state index contributed by atoms with van der Waals surface area (Å²) in [5.74, 6) is -0.729. The normalized spacial score (nSPS) is 12.3. The second-order valence-electron chi connectivity index (χ2n) is 4.76. The average Bonchev–Trinajstić information content (AvgIpc) is 2.46. The fourth-order valence-electron chi connectivity index (χ4n) is 2.18. The lowest BCUT2D eigenvalue weighted by Gasteiger charge is -2.29. The minimum atomic E-state index is -3.78. The Morgan fingerprint density at radius 2 is 1.95 bits per heavy atom. The van der Waals surface area contributed by atoms with Crippen molar-refractivity contribution in [1.82, 2.24) is 4.31 Å². The van der Waals surface area contributed by atoms with E-state index in [0.717, 1.165) is 6.07 Å². The van der Waals surface area contributed by atoms with Gasteiger partial charge in [0.1, 0.15) is 5.82 Å². The van der Waals surface area contributed by atoms with E-state index in [1.54, 1.807) is 0 Å². The predicted octanol–water partition coefficient (Wildman–Crippen LogP) is 2.23. The van der Waals surface area contributed by atoms with Crippen LogP contribution in [-0.4, -0.2) is 39.0 Å². The van der Waals surface area contributed by atoms with Crippen molar-refractivity contribution in [1.29, 1.82) is 0 Å². The van der Waals surface area contributed by atoms with Gasteiger partial charge in [0.05, 0.1) is 17.2 Å². The van der Waals surface area contributed by atoms with Crippen LogP contribution in [-0.2, 0) is 14.8 Å². The van der Waals surface area contributed by atoms with Crippen LogP contribution in [0.15, 0.2) is 23.1 Å². The molecule has 5 nitrogen and oxygen atoms in total. The van der Waals surface area contributed by atoms with Crippen LogP contribution in [0, 0.1) is 5.82 Å². The summed E-state index contributed by atoms with van der Waals surface area (Å²) in [6, 6.07) is 3.41. The zero-order valence-electron chi connectivity index (χ0n) is 12.7. The molecule has 0 saturated heterocycles. The molecule has 1 aromatic carbocycles. The number of nitrogen functional groups attached to an aromatic ring is 1. The van der Waals surface area contributed by atoms with Crippen LogP contribution in [0.4, 0.5) is 10.1 Å². The SMILES string of the molecule is CCC(CC)N(CCOC)S(=O)(=O)c1ccc(N)c(F)c1. The van der Waals surface area contributed by atoms with E-state index >= 15 is 0 Å². The standard InChI is InChI=1S/C14H23FN2O3S/c1-4-11(5-2)17(8-9-20-3)21(18,19)12-6-7-14(16)13(15)10-12/h6-7,10-11H,4-5,8-9,16H2,1-3H3. The van der Waals surface area contributed by atoms with E-state index in [0.29, 0.717) is 12.8 Å². The molecule has 0 aliphatic rings. The lowest BCUT2D eigenvalue weighted by atomic mass is 10.2. The number of hydrogen-bond donors (Lipinski definition) is 1. The van der Waals surface area contributed by atoms with Crippen molar-refractivity contribution < 1.29 is 17.5 Å². The topological polar surface area (TPSA) is 72.6 Å². The molecule has 0 aliphatic carbocycles. The molecule has 0 aliphatic heterocycles. The molecule has 1 rings (SSSR count). The highest BCUT2D eigenvalue weighted by atomic mass is 32.2. The summed E-state index contributed by atoms with van der Waals surface area (Å²) in [4.78, 5) is -0.0859. The predicted molar refractivity (Wildman–Crippen MR) is 81.0 cm³/mol. The summed E-state index contributed by atoms with van der Waals surface area (Å²) in [5, 5.41) is 0. The highest BCUT2D eigenvalue weighted by molar-refractivity contribution is 7.89. The van der Waals surface area contributed by atoms with Crippen molar-refractivity contribution in [3.05, 3.63) is 24.0 Å². The minimum absolute atomic E-state index is 0.0695. The lowest BCUT2D eigenvalue weighted by Crippen LogP contribution is -2.41. The Morgan fingerprint density at radius 3 is 2.43 bits per heavy atom. The van der Waals surface area contributed by atoms with Crippen LogP contribution < -0.4 is 5.73 Å². The Balaban J connectivity index is 3.21. The number of rotatable bonds is 8. The maximum absolute atomic E-state index is 13.6. The van der Waals surface area contributed by atoms with E-state index < -0.39 is 15.8 Å². The third kappa shape index (κ3) is 4.15. The van der Waals surface area contributed by atoms with Gasteiger partial charge < -0.3 is 10.5 Å². The molecule has 0 unspecified atom stereocenters. The molecule has 0 saturated carbocycles. The van der Waals surface area contributed by atoms with E-state index in [1.165, 1.54) is 23.5 Å². The molecular weight excluding hydrogens is 295 g/mol. The van der Waals surface area contributed by atoms with Crippen molar-refractivity contribution >= 4 is 15.7 Å². The number of halogens is 1. The van der Waals surface area contributed by atoms with Gasteiger partial charge in [-0.25, -0.2) is 12.8 Å². The van der Waals surface area contributed by atoms with Gasteiger partial charge in [-0.2, -0.15) is 4.31 Å². The quantitative estimate of drug-likeness (QED) is 0.746. The lowest BCUT2D eigenvalue weighted by molar-refractivity contribution is 0.163. The smallest absolute Gasteiger partial charge is 0.243 e. The van der Waals surface area contributed by atoms with Crippen molar-refractivity contribution in [2.45, 2.75) is 37.6 Å². The second-order valence-corrected chi connectivity index (χ2v) is 6.65. The maximum atomic E-state index is 13.6. The largest absolute Gasteiger partial charge is 0.396 e. The van der Waals surface area contributed by atoms with Crippen LogP contribution >= 0.6 is 0 Å². The molecule has 0 fully saturated rings. The van der Waals surface area contributed by atoms with E-state index in [4.69, 9.17) is 10.5 Å². The molecule has 120 valence electrons. The molecule has 0 aromatic heterocycles. The zero-order chi connectivity index (χ0) is 16.0. The van der Waals surface area contributed by atoms with Crippen LogP contribution in [0.25, 0.3) is 0 Å².